The summed E-state index contributed by atoms with van der Waals surface area (Å²) in [6.45, 7) is 5.27. The molecule has 1 aliphatic carbocycles. The van der Waals surface area contributed by atoms with Crippen molar-refractivity contribution < 1.29 is 19.1 Å². The normalized spacial score (nSPS) is 18.9. The van der Waals surface area contributed by atoms with Crippen LogP contribution < -0.4 is 9.47 Å². The van der Waals surface area contributed by atoms with Gasteiger partial charge in [0, 0.05) is 29.4 Å². The molecule has 0 unspecified atom stereocenters. The van der Waals surface area contributed by atoms with Crippen molar-refractivity contribution in [3.8, 4) is 11.5 Å². The molecule has 6 nitrogen and oxygen atoms in total. The number of benzene rings is 1. The molecule has 2 amide bonds. The number of nitrogens with zero attached hydrogens (tertiary/aromatic N) is 2. The van der Waals surface area contributed by atoms with E-state index in [9.17, 15) is 9.59 Å². The second-order valence-corrected chi connectivity index (χ2v) is 10.3. The van der Waals surface area contributed by atoms with Crippen molar-refractivity contribution in [1.29, 1.82) is 0 Å². The molecule has 0 saturated heterocycles. The largest absolute Gasteiger partial charge is 0.497 e. The third kappa shape index (κ3) is 5.40. The minimum Gasteiger partial charge on any atom is -0.497 e. The average molecular weight is 485 g/mol. The Morgan fingerprint density at radius 2 is 1.97 bits per heavy atom. The van der Waals surface area contributed by atoms with Crippen molar-refractivity contribution >= 4 is 23.2 Å². The molecule has 1 aromatic heterocycles. The number of methoxy groups -OCH3 is 1. The van der Waals surface area contributed by atoms with Crippen LogP contribution in [0.1, 0.15) is 62.4 Å². The highest BCUT2D eigenvalue weighted by atomic mass is 32.1. The van der Waals surface area contributed by atoms with Crippen molar-refractivity contribution in [2.75, 3.05) is 26.8 Å². The van der Waals surface area contributed by atoms with Crippen molar-refractivity contribution in [3.63, 3.8) is 0 Å². The molecule has 184 valence electrons. The minimum atomic E-state index is -0.172. The lowest BCUT2D eigenvalue weighted by Gasteiger charge is -2.38. The number of ether oxygens (including phenoxy) is 2. The number of thiophene rings is 1. The lowest BCUT2D eigenvalue weighted by molar-refractivity contribution is -0.146. The summed E-state index contributed by atoms with van der Waals surface area (Å²) in [7, 11) is 1.63. The van der Waals surface area contributed by atoms with Gasteiger partial charge < -0.3 is 19.3 Å². The van der Waals surface area contributed by atoms with Crippen LogP contribution in [0.2, 0.25) is 0 Å². The monoisotopic (exact) mass is 484 g/mol. The van der Waals surface area contributed by atoms with Crippen LogP contribution in [-0.2, 0) is 16.0 Å². The molecule has 0 bridgehead atoms. The summed E-state index contributed by atoms with van der Waals surface area (Å²) in [5, 5.41) is 2.09. The van der Waals surface area contributed by atoms with Gasteiger partial charge in [0.25, 0.3) is 0 Å². The summed E-state index contributed by atoms with van der Waals surface area (Å²) in [6.07, 6.45) is 5.78. The Balaban J connectivity index is 1.51. The van der Waals surface area contributed by atoms with E-state index in [1.54, 1.807) is 18.4 Å². The van der Waals surface area contributed by atoms with Gasteiger partial charge in [-0.15, -0.1) is 11.3 Å². The second-order valence-electron chi connectivity index (χ2n) is 9.35. The molecule has 2 aromatic rings. The van der Waals surface area contributed by atoms with Crippen LogP contribution in [0.5, 0.6) is 11.5 Å². The number of fused-ring (bicyclic) bond motifs is 1. The van der Waals surface area contributed by atoms with Crippen LogP contribution in [0.3, 0.4) is 0 Å². The predicted molar refractivity (Wildman–Crippen MR) is 134 cm³/mol. The molecule has 2 heterocycles. The maximum absolute atomic E-state index is 13.7. The quantitative estimate of drug-likeness (QED) is 0.498. The Kier molecular flexibility index (Phi) is 8.14. The molecule has 4 rings (SSSR count). The van der Waals surface area contributed by atoms with Gasteiger partial charge in [0.1, 0.15) is 24.7 Å². The van der Waals surface area contributed by atoms with E-state index in [0.29, 0.717) is 18.9 Å². The highest BCUT2D eigenvalue weighted by molar-refractivity contribution is 7.10. The molecule has 0 radical (unpaired) electrons. The first kappa shape index (κ1) is 24.6. The zero-order chi connectivity index (χ0) is 24.1. The second kappa shape index (κ2) is 11.3. The Morgan fingerprint density at radius 3 is 2.71 bits per heavy atom. The number of carbonyl (C=O) groups is 2. The van der Waals surface area contributed by atoms with Crippen molar-refractivity contribution in [1.82, 2.24) is 9.80 Å². The number of hydrogen-bond acceptors (Lipinski definition) is 5. The fraction of sp³-hybridized carbons (Fsp3) is 0.556. The Morgan fingerprint density at radius 1 is 1.21 bits per heavy atom. The van der Waals surface area contributed by atoms with Crippen LogP contribution in [0.15, 0.2) is 35.7 Å². The van der Waals surface area contributed by atoms with Gasteiger partial charge in [-0.2, -0.15) is 0 Å². The number of rotatable bonds is 9. The van der Waals surface area contributed by atoms with Gasteiger partial charge in [0.2, 0.25) is 11.8 Å². The summed E-state index contributed by atoms with van der Waals surface area (Å²) in [5.41, 5.74) is 1.16. The third-order valence-electron chi connectivity index (χ3n) is 7.28. The molecule has 1 aromatic carbocycles. The highest BCUT2D eigenvalue weighted by Crippen LogP contribution is 2.35. The van der Waals surface area contributed by atoms with Gasteiger partial charge in [-0.1, -0.05) is 25.8 Å². The molecule has 7 heteroatoms. The van der Waals surface area contributed by atoms with E-state index in [1.807, 2.05) is 34.1 Å². The van der Waals surface area contributed by atoms with Gasteiger partial charge in [-0.05, 0) is 61.7 Å². The smallest absolute Gasteiger partial charge is 0.242 e. The van der Waals surface area contributed by atoms with Crippen LogP contribution in [0.25, 0.3) is 0 Å². The summed E-state index contributed by atoms with van der Waals surface area (Å²) in [4.78, 5) is 32.0. The molecule has 0 N–H and O–H groups in total. The van der Waals surface area contributed by atoms with E-state index in [2.05, 4.69) is 25.3 Å². The van der Waals surface area contributed by atoms with Crippen molar-refractivity contribution in [2.45, 2.75) is 64.5 Å². The molecule has 1 aliphatic heterocycles. The van der Waals surface area contributed by atoms with E-state index in [-0.39, 0.29) is 36.4 Å². The van der Waals surface area contributed by atoms with Crippen LogP contribution in [0, 0.1) is 5.92 Å². The van der Waals surface area contributed by atoms with E-state index >= 15 is 0 Å². The van der Waals surface area contributed by atoms with Crippen LogP contribution in [-0.4, -0.2) is 54.5 Å². The average Bonchev–Trinajstić information content (AvgIpc) is 3.57. The first-order valence-corrected chi connectivity index (χ1v) is 13.3. The zero-order valence-corrected chi connectivity index (χ0v) is 21.3. The molecule has 1 saturated carbocycles. The summed E-state index contributed by atoms with van der Waals surface area (Å²) < 4.78 is 11.5. The Hall–Kier alpha value is -2.54. The molecule has 2 atom stereocenters. The first-order valence-electron chi connectivity index (χ1n) is 12.4. The molecular formula is C27H36N2O4S. The van der Waals surface area contributed by atoms with Gasteiger partial charge in [-0.25, -0.2) is 0 Å². The van der Waals surface area contributed by atoms with E-state index in [1.165, 1.54) is 4.88 Å². The lowest BCUT2D eigenvalue weighted by atomic mass is 10.00. The van der Waals surface area contributed by atoms with Crippen LogP contribution in [0.4, 0.5) is 0 Å². The highest BCUT2D eigenvalue weighted by Gasteiger charge is 2.36. The number of amides is 2. The SMILES string of the molecule is CC[C@H](C)N(CC(=O)N1CCc2sccc2[C@@H]1COc1cccc(OC)c1)C(=O)C1CCCC1. The van der Waals surface area contributed by atoms with E-state index in [0.717, 1.165) is 49.8 Å². The van der Waals surface area contributed by atoms with Crippen molar-refractivity contribution in [2.24, 2.45) is 5.92 Å². The lowest BCUT2D eigenvalue weighted by Crippen LogP contribution is -2.51. The zero-order valence-electron chi connectivity index (χ0n) is 20.5. The van der Waals surface area contributed by atoms with Crippen LogP contribution >= 0.6 is 11.3 Å². The number of carbonyl (C=O) groups excluding carboxylic acids is 2. The molecule has 2 aliphatic rings. The summed E-state index contributed by atoms with van der Waals surface area (Å²) >= 11 is 1.74. The van der Waals surface area contributed by atoms with E-state index < -0.39 is 0 Å². The minimum absolute atomic E-state index is 0.00254. The van der Waals surface area contributed by atoms with Gasteiger partial charge in [0.15, 0.2) is 0 Å². The third-order valence-corrected chi connectivity index (χ3v) is 8.28. The van der Waals surface area contributed by atoms with Gasteiger partial charge >= 0.3 is 0 Å². The maximum atomic E-state index is 13.7. The maximum Gasteiger partial charge on any atom is 0.242 e. The Labute approximate surface area is 206 Å². The number of hydrogen-bond donors (Lipinski definition) is 0. The fourth-order valence-corrected chi connectivity index (χ4v) is 5.98. The molecule has 0 spiro atoms. The predicted octanol–water partition coefficient (Wildman–Crippen LogP) is 5.08. The molecule has 1 fully saturated rings. The Bertz CT molecular complexity index is 985. The summed E-state index contributed by atoms with van der Waals surface area (Å²) in [5.74, 6) is 1.67. The molecule has 34 heavy (non-hydrogen) atoms. The standard InChI is InChI=1S/C27H36N2O4S/c1-4-19(2)29(27(31)20-8-5-6-9-20)17-26(30)28-14-12-25-23(13-15-34-25)24(28)18-33-22-11-7-10-21(16-22)32-3/h7,10-11,13,15-16,19-20,24H,4-6,8-9,12,14,17-18H2,1-3H3/t19-,24-/m0/s1. The van der Waals surface area contributed by atoms with E-state index in [4.69, 9.17) is 9.47 Å². The topological polar surface area (TPSA) is 59.1 Å². The molecular weight excluding hydrogens is 448 g/mol. The van der Waals surface area contributed by atoms with Gasteiger partial charge in [-0.3, -0.25) is 9.59 Å². The van der Waals surface area contributed by atoms with Gasteiger partial charge in [0.05, 0.1) is 13.2 Å². The summed E-state index contributed by atoms with van der Waals surface area (Å²) in [6, 6.07) is 9.51. The fourth-order valence-electron chi connectivity index (χ4n) is 5.06. The first-order chi connectivity index (χ1) is 16.5. The van der Waals surface area contributed by atoms with Crippen molar-refractivity contribution in [3.05, 3.63) is 46.2 Å².